The molecule has 1 saturated heterocycles. The van der Waals surface area contributed by atoms with Gasteiger partial charge in [0.2, 0.25) is 10.0 Å². The van der Waals surface area contributed by atoms with Crippen LogP contribution in [0.5, 0.6) is 5.75 Å². The molecule has 1 fully saturated rings. The van der Waals surface area contributed by atoms with E-state index in [1.807, 2.05) is 32.0 Å². The highest BCUT2D eigenvalue weighted by Gasteiger charge is 2.24. The van der Waals surface area contributed by atoms with E-state index >= 15 is 0 Å². The van der Waals surface area contributed by atoms with Gasteiger partial charge in [0.1, 0.15) is 5.75 Å². The second-order valence-electron chi connectivity index (χ2n) is 8.41. The Balaban J connectivity index is 1.63. The van der Waals surface area contributed by atoms with E-state index in [0.717, 1.165) is 35.7 Å². The van der Waals surface area contributed by atoms with Crippen molar-refractivity contribution in [2.45, 2.75) is 62.1 Å². The SMILES string of the molecule is CCN(CC)S(=O)(=O)c1ccc2c(c1)nc(SCc1ccc(OC(C)=O)cc1)n2C[C@@H]1CCCO1. The van der Waals surface area contributed by atoms with E-state index < -0.39 is 10.0 Å². The minimum absolute atomic E-state index is 0.119. The van der Waals surface area contributed by atoms with Crippen LogP contribution in [0.1, 0.15) is 39.2 Å². The summed E-state index contributed by atoms with van der Waals surface area (Å²) in [7, 11) is -3.57. The largest absolute Gasteiger partial charge is 0.427 e. The van der Waals surface area contributed by atoms with Gasteiger partial charge >= 0.3 is 5.97 Å². The van der Waals surface area contributed by atoms with Gasteiger partial charge in [-0.1, -0.05) is 37.7 Å². The smallest absolute Gasteiger partial charge is 0.308 e. The number of nitrogens with zero attached hydrogens (tertiary/aromatic N) is 3. The molecule has 1 atom stereocenters. The van der Waals surface area contributed by atoms with Crippen LogP contribution in [0.15, 0.2) is 52.5 Å². The molecule has 0 unspecified atom stereocenters. The maximum absolute atomic E-state index is 13.0. The van der Waals surface area contributed by atoms with E-state index in [-0.39, 0.29) is 17.0 Å². The molecule has 3 aromatic rings. The molecule has 0 spiro atoms. The van der Waals surface area contributed by atoms with Crippen LogP contribution in [-0.2, 0) is 31.9 Å². The second-order valence-corrected chi connectivity index (χ2v) is 11.3. The first-order valence-corrected chi connectivity index (χ1v) is 14.3. The fourth-order valence-electron chi connectivity index (χ4n) is 4.21. The van der Waals surface area contributed by atoms with Gasteiger partial charge in [-0.25, -0.2) is 13.4 Å². The Morgan fingerprint density at radius 3 is 2.57 bits per heavy atom. The van der Waals surface area contributed by atoms with Gasteiger partial charge in [-0.3, -0.25) is 4.79 Å². The van der Waals surface area contributed by atoms with Gasteiger partial charge in [0.15, 0.2) is 5.16 Å². The minimum Gasteiger partial charge on any atom is -0.427 e. The zero-order chi connectivity index (χ0) is 25.0. The highest BCUT2D eigenvalue weighted by atomic mass is 32.2. The van der Waals surface area contributed by atoms with Gasteiger partial charge in [0.05, 0.1) is 28.6 Å². The minimum atomic E-state index is -3.57. The third-order valence-corrected chi connectivity index (χ3v) is 9.08. The molecule has 10 heteroatoms. The van der Waals surface area contributed by atoms with Gasteiger partial charge in [-0.05, 0) is 48.7 Å². The number of esters is 1. The molecule has 0 saturated carbocycles. The monoisotopic (exact) mass is 517 g/mol. The van der Waals surface area contributed by atoms with Crippen LogP contribution in [0.4, 0.5) is 0 Å². The van der Waals surface area contributed by atoms with Crippen LogP contribution in [0.3, 0.4) is 0 Å². The molecule has 188 valence electrons. The van der Waals surface area contributed by atoms with Crippen molar-refractivity contribution in [3.05, 3.63) is 48.0 Å². The number of hydrogen-bond donors (Lipinski definition) is 0. The first-order valence-electron chi connectivity index (χ1n) is 11.8. The molecule has 2 aromatic carbocycles. The molecular formula is C25H31N3O5S2. The molecule has 0 radical (unpaired) electrons. The predicted octanol–water partition coefficient (Wildman–Crippen LogP) is 4.46. The summed E-state index contributed by atoms with van der Waals surface area (Å²) in [6, 6.07) is 12.6. The number of rotatable bonds is 10. The highest BCUT2D eigenvalue weighted by molar-refractivity contribution is 7.98. The number of fused-ring (bicyclic) bond motifs is 1. The Morgan fingerprint density at radius 2 is 1.94 bits per heavy atom. The maximum atomic E-state index is 13.0. The van der Waals surface area contributed by atoms with Crippen molar-refractivity contribution in [2.75, 3.05) is 19.7 Å². The highest BCUT2D eigenvalue weighted by Crippen LogP contribution is 2.31. The fraction of sp³-hybridized carbons (Fsp3) is 0.440. The topological polar surface area (TPSA) is 90.7 Å². The number of ether oxygens (including phenoxy) is 2. The molecule has 0 bridgehead atoms. The molecular weight excluding hydrogens is 486 g/mol. The lowest BCUT2D eigenvalue weighted by molar-refractivity contribution is -0.131. The molecule has 35 heavy (non-hydrogen) atoms. The molecule has 4 rings (SSSR count). The Kier molecular flexibility index (Phi) is 8.16. The van der Waals surface area contributed by atoms with Crippen molar-refractivity contribution in [1.82, 2.24) is 13.9 Å². The van der Waals surface area contributed by atoms with Crippen molar-refractivity contribution in [3.63, 3.8) is 0 Å². The van der Waals surface area contributed by atoms with Gasteiger partial charge in [-0.2, -0.15) is 4.31 Å². The second kappa shape index (κ2) is 11.1. The van der Waals surface area contributed by atoms with Crippen LogP contribution in [0.2, 0.25) is 0 Å². The summed E-state index contributed by atoms with van der Waals surface area (Å²) in [5.41, 5.74) is 2.61. The van der Waals surface area contributed by atoms with Gasteiger partial charge < -0.3 is 14.0 Å². The zero-order valence-electron chi connectivity index (χ0n) is 20.3. The number of hydrogen-bond acceptors (Lipinski definition) is 7. The fourth-order valence-corrected chi connectivity index (χ4v) is 6.67. The summed E-state index contributed by atoms with van der Waals surface area (Å²) in [6.45, 7) is 7.32. The van der Waals surface area contributed by atoms with Crippen LogP contribution in [0, 0.1) is 0 Å². The predicted molar refractivity (Wildman–Crippen MR) is 136 cm³/mol. The van der Waals surface area contributed by atoms with Crippen molar-refractivity contribution in [2.24, 2.45) is 0 Å². The normalized spacial score (nSPS) is 16.3. The molecule has 1 aromatic heterocycles. The van der Waals surface area contributed by atoms with Crippen molar-refractivity contribution in [1.29, 1.82) is 0 Å². The summed E-state index contributed by atoms with van der Waals surface area (Å²) in [4.78, 5) is 16.2. The van der Waals surface area contributed by atoms with Crippen molar-refractivity contribution >= 4 is 38.8 Å². The number of imidazole rings is 1. The van der Waals surface area contributed by atoms with Crippen LogP contribution in [0.25, 0.3) is 11.0 Å². The number of carbonyl (C=O) groups excluding carboxylic acids is 1. The lowest BCUT2D eigenvalue weighted by Gasteiger charge is -2.18. The molecule has 2 heterocycles. The van der Waals surface area contributed by atoms with E-state index in [9.17, 15) is 13.2 Å². The Morgan fingerprint density at radius 1 is 1.20 bits per heavy atom. The lowest BCUT2D eigenvalue weighted by atomic mass is 10.2. The van der Waals surface area contributed by atoms with E-state index in [1.54, 1.807) is 36.0 Å². The molecule has 0 amide bonds. The zero-order valence-corrected chi connectivity index (χ0v) is 21.9. The summed E-state index contributed by atoms with van der Waals surface area (Å²) >= 11 is 1.59. The van der Waals surface area contributed by atoms with E-state index in [0.29, 0.717) is 36.7 Å². The standard InChI is InChI=1S/C25H31N3O5S2/c1-4-27(5-2)35(30,31)22-12-13-24-23(15-22)26-25(28(24)16-21-7-6-14-32-21)34-17-19-8-10-20(11-9-19)33-18(3)29/h8-13,15,21H,4-7,14,16-17H2,1-3H3/t21-/m0/s1. The van der Waals surface area contributed by atoms with Crippen molar-refractivity contribution in [3.8, 4) is 5.75 Å². The summed E-state index contributed by atoms with van der Waals surface area (Å²) in [5, 5.41) is 0.817. The number of thioether (sulfide) groups is 1. The summed E-state index contributed by atoms with van der Waals surface area (Å²) in [6.07, 6.45) is 2.16. The number of carbonyl (C=O) groups is 1. The average Bonchev–Trinajstić information content (AvgIpc) is 3.47. The number of aromatic nitrogens is 2. The molecule has 0 N–H and O–H groups in total. The number of benzene rings is 2. The maximum Gasteiger partial charge on any atom is 0.308 e. The molecule has 8 nitrogen and oxygen atoms in total. The molecule has 1 aliphatic rings. The summed E-state index contributed by atoms with van der Waals surface area (Å²) in [5.74, 6) is 0.830. The van der Waals surface area contributed by atoms with Crippen LogP contribution >= 0.6 is 11.8 Å². The average molecular weight is 518 g/mol. The Bertz CT molecular complexity index is 1280. The van der Waals surface area contributed by atoms with E-state index in [4.69, 9.17) is 14.5 Å². The molecule has 1 aliphatic heterocycles. The van der Waals surface area contributed by atoms with Crippen LogP contribution in [-0.4, -0.2) is 54.0 Å². The van der Waals surface area contributed by atoms with Crippen molar-refractivity contribution < 1.29 is 22.7 Å². The third-order valence-electron chi connectivity index (χ3n) is 5.99. The lowest BCUT2D eigenvalue weighted by Crippen LogP contribution is -2.30. The van der Waals surface area contributed by atoms with Crippen LogP contribution < -0.4 is 4.74 Å². The first kappa shape index (κ1) is 25.7. The van der Waals surface area contributed by atoms with Gasteiger partial charge in [0, 0.05) is 32.4 Å². The third kappa shape index (κ3) is 5.88. The van der Waals surface area contributed by atoms with Gasteiger partial charge in [-0.15, -0.1) is 0 Å². The Labute approximate surface area is 210 Å². The Hall–Kier alpha value is -2.40. The summed E-state index contributed by atoms with van der Waals surface area (Å²) < 4.78 is 40.7. The van der Waals surface area contributed by atoms with E-state index in [2.05, 4.69) is 4.57 Å². The van der Waals surface area contributed by atoms with E-state index in [1.165, 1.54) is 11.2 Å². The molecule has 0 aliphatic carbocycles. The quantitative estimate of drug-likeness (QED) is 0.223. The number of sulfonamides is 1. The van der Waals surface area contributed by atoms with Gasteiger partial charge in [0.25, 0.3) is 0 Å². The first-order chi connectivity index (χ1) is 16.8.